The van der Waals surface area contributed by atoms with Gasteiger partial charge in [-0.05, 0) is 65.9 Å². The van der Waals surface area contributed by atoms with Gasteiger partial charge in [0, 0.05) is 40.1 Å². The van der Waals surface area contributed by atoms with Crippen molar-refractivity contribution in [2.45, 2.75) is 19.5 Å². The Hall–Kier alpha value is -5.17. The van der Waals surface area contributed by atoms with Gasteiger partial charge in [-0.15, -0.1) is 31.7 Å². The number of nitrogens with one attached hydrogen (secondary N) is 1. The average molecular weight is 608 g/mol. The second kappa shape index (κ2) is 11.2. The maximum absolute atomic E-state index is 16.2. The molecule has 2 aliphatic rings. The summed E-state index contributed by atoms with van der Waals surface area (Å²) in [6.07, 6.45) is 5.33. The maximum atomic E-state index is 16.2. The van der Waals surface area contributed by atoms with Gasteiger partial charge in [-0.3, -0.25) is 4.79 Å². The van der Waals surface area contributed by atoms with Gasteiger partial charge in [-0.25, -0.2) is 0 Å². The molecule has 220 valence electrons. The van der Waals surface area contributed by atoms with Gasteiger partial charge in [0.05, 0.1) is 0 Å². The highest BCUT2D eigenvalue weighted by molar-refractivity contribution is 7.13. The van der Waals surface area contributed by atoms with E-state index in [1.807, 2.05) is 41.8 Å². The molecule has 1 N–H and O–H groups in total. The van der Waals surface area contributed by atoms with Gasteiger partial charge >= 0.3 is 6.97 Å². The monoisotopic (exact) mass is 608 g/mol. The van der Waals surface area contributed by atoms with Crippen molar-refractivity contribution in [2.75, 3.05) is 6.61 Å². The number of ether oxygens (including phenoxy) is 1. The van der Waals surface area contributed by atoms with Crippen LogP contribution in [0, 0.1) is 6.92 Å². The number of aromatic nitrogens is 5. The molecule has 0 bridgehead atoms. The van der Waals surface area contributed by atoms with Crippen molar-refractivity contribution in [3.63, 3.8) is 0 Å². The highest BCUT2D eigenvalue weighted by Crippen LogP contribution is 2.45. The first-order chi connectivity index (χ1) is 21.4. The molecule has 0 aliphatic carbocycles. The number of amides is 1. The summed E-state index contributed by atoms with van der Waals surface area (Å²) in [5.41, 5.74) is 3.83. The second-order valence-corrected chi connectivity index (χ2v) is 11.4. The molecule has 13 heteroatoms. The third-order valence-corrected chi connectivity index (χ3v) is 8.48. The van der Waals surface area contributed by atoms with Crippen molar-refractivity contribution in [2.24, 2.45) is 0 Å². The van der Waals surface area contributed by atoms with Crippen LogP contribution in [0.25, 0.3) is 28.0 Å². The molecule has 1 atom stereocenters. The third kappa shape index (κ3) is 5.15. The van der Waals surface area contributed by atoms with Gasteiger partial charge in [0.1, 0.15) is 5.75 Å². The summed E-state index contributed by atoms with van der Waals surface area (Å²) in [5.74, 6) is 1.10. The topological polar surface area (TPSA) is 98.1 Å². The molecule has 2 aromatic carbocycles. The van der Waals surface area contributed by atoms with Crippen molar-refractivity contribution < 1.29 is 18.2 Å². The molecule has 1 amide bonds. The highest BCUT2D eigenvalue weighted by atomic mass is 32.1. The minimum absolute atomic E-state index is 0.183. The fourth-order valence-corrected chi connectivity index (χ4v) is 6.20. The fraction of sp³-hybridized carbons (Fsp3) is 0.129. The lowest BCUT2D eigenvalue weighted by molar-refractivity contribution is -0.123. The van der Waals surface area contributed by atoms with E-state index in [1.165, 1.54) is 16.1 Å². The van der Waals surface area contributed by atoms with Crippen LogP contribution in [0.4, 0.5) is 8.63 Å². The number of thiophene rings is 1. The van der Waals surface area contributed by atoms with Gasteiger partial charge < -0.3 is 28.0 Å². The summed E-state index contributed by atoms with van der Waals surface area (Å²) >= 11 is 1.44. The third-order valence-electron chi connectivity index (χ3n) is 7.58. The van der Waals surface area contributed by atoms with Crippen LogP contribution in [0.1, 0.15) is 28.7 Å². The lowest BCUT2D eigenvalue weighted by atomic mass is 9.86. The number of benzene rings is 2. The minimum atomic E-state index is -4.11. The second-order valence-electron chi connectivity index (χ2n) is 10.5. The standard InChI is InChI=1S/C31H25BF2N7O2S/c1-20-36-38-31(39-37-20)23-6-4-21(5-7-23)18-35-30(42)19-43-26-12-8-22(9-13-26)27-14-10-24-17-25-11-15-28(29-3-2-16-44-29)41(25)32(33,34)40(24)27/h2-17,27H,18-19H2,1H3,(H,35,42)/q-1. The smallest absolute Gasteiger partial charge is 0.484 e. The van der Waals surface area contributed by atoms with E-state index in [2.05, 4.69) is 25.7 Å². The van der Waals surface area contributed by atoms with Crippen LogP contribution in [-0.4, -0.2) is 49.2 Å². The Bertz CT molecular complexity index is 1870. The lowest BCUT2D eigenvalue weighted by Gasteiger charge is -2.47. The summed E-state index contributed by atoms with van der Waals surface area (Å²) in [7, 11) is 0. The SMILES string of the molecule is Cc1nnc(-c2ccc(CNC(=O)COc3ccc(C4C=CC5=Cc6ccc(-c7cccs7)n6[B-](F)(F)N54)cc3)cc2)nn1. The Morgan fingerprint density at radius 3 is 2.50 bits per heavy atom. The molecule has 1 unspecified atom stereocenters. The number of hydrogen-bond donors (Lipinski definition) is 1. The van der Waals surface area contributed by atoms with E-state index in [1.54, 1.807) is 61.5 Å². The Kier molecular flexibility index (Phi) is 7.01. The van der Waals surface area contributed by atoms with Crippen LogP contribution >= 0.6 is 11.3 Å². The molecule has 0 saturated carbocycles. The first kappa shape index (κ1) is 27.7. The summed E-state index contributed by atoms with van der Waals surface area (Å²) in [6, 6.07) is 20.9. The van der Waals surface area contributed by atoms with Gasteiger partial charge in [-0.1, -0.05) is 48.5 Å². The largest absolute Gasteiger partial charge is 0.530 e. The zero-order valence-electron chi connectivity index (χ0n) is 23.5. The molecule has 3 aromatic heterocycles. The van der Waals surface area contributed by atoms with E-state index < -0.39 is 13.0 Å². The Morgan fingerprint density at radius 1 is 1.00 bits per heavy atom. The molecular weight excluding hydrogens is 583 g/mol. The number of carbonyl (C=O) groups excluding carboxylic acids is 1. The Labute approximate surface area is 255 Å². The number of allylic oxidation sites excluding steroid dienone is 1. The number of nitrogens with zero attached hydrogens (tertiary/aromatic N) is 6. The maximum Gasteiger partial charge on any atom is 0.530 e. The van der Waals surface area contributed by atoms with Crippen molar-refractivity contribution in [3.05, 3.63) is 119 Å². The van der Waals surface area contributed by atoms with E-state index in [0.717, 1.165) is 20.5 Å². The average Bonchev–Trinajstić information content (AvgIpc) is 3.81. The Balaban J connectivity index is 0.963. The van der Waals surface area contributed by atoms with Gasteiger partial charge in [0.15, 0.2) is 12.4 Å². The minimum Gasteiger partial charge on any atom is -0.484 e. The van der Waals surface area contributed by atoms with Crippen LogP contribution in [0.3, 0.4) is 0 Å². The summed E-state index contributed by atoms with van der Waals surface area (Å²) in [5, 5.41) is 20.6. The first-order valence-corrected chi connectivity index (χ1v) is 14.8. The molecule has 5 heterocycles. The zero-order valence-corrected chi connectivity index (χ0v) is 24.3. The predicted octanol–water partition coefficient (Wildman–Crippen LogP) is 5.66. The molecule has 44 heavy (non-hydrogen) atoms. The first-order valence-electron chi connectivity index (χ1n) is 14.0. The van der Waals surface area contributed by atoms with Crippen molar-refractivity contribution in [1.82, 2.24) is 35.0 Å². The summed E-state index contributed by atoms with van der Waals surface area (Å²) in [6.45, 7) is -2.25. The number of aryl methyl sites for hydroxylation is 1. The number of fused-ring (bicyclic) bond motifs is 2. The molecule has 7 rings (SSSR count). The molecule has 0 spiro atoms. The number of hydrogen-bond acceptors (Lipinski definition) is 8. The molecule has 0 saturated heterocycles. The number of rotatable bonds is 8. The molecule has 5 aromatic rings. The fourth-order valence-electron chi connectivity index (χ4n) is 5.45. The van der Waals surface area contributed by atoms with E-state index in [-0.39, 0.29) is 12.5 Å². The van der Waals surface area contributed by atoms with E-state index >= 15 is 8.63 Å². The van der Waals surface area contributed by atoms with Crippen LogP contribution in [-0.2, 0) is 11.3 Å². The van der Waals surface area contributed by atoms with Crippen LogP contribution in [0.2, 0.25) is 0 Å². The number of halogens is 2. The highest BCUT2D eigenvalue weighted by Gasteiger charge is 2.45. The van der Waals surface area contributed by atoms with Crippen molar-refractivity contribution >= 4 is 30.3 Å². The van der Waals surface area contributed by atoms with Crippen LogP contribution in [0.15, 0.2) is 96.0 Å². The normalized spacial score (nSPS) is 16.3. The number of carbonyl (C=O) groups is 1. The van der Waals surface area contributed by atoms with Crippen LogP contribution < -0.4 is 10.1 Å². The molecule has 9 nitrogen and oxygen atoms in total. The molecule has 2 aliphatic heterocycles. The van der Waals surface area contributed by atoms with E-state index in [4.69, 9.17) is 4.74 Å². The van der Waals surface area contributed by atoms with Crippen molar-refractivity contribution in [1.29, 1.82) is 0 Å². The summed E-state index contributed by atoms with van der Waals surface area (Å²) < 4.78 is 39.2. The van der Waals surface area contributed by atoms with E-state index in [0.29, 0.717) is 46.6 Å². The quantitative estimate of drug-likeness (QED) is 0.227. The van der Waals surface area contributed by atoms with Crippen molar-refractivity contribution in [3.8, 4) is 27.7 Å². The predicted molar refractivity (Wildman–Crippen MR) is 164 cm³/mol. The van der Waals surface area contributed by atoms with E-state index in [9.17, 15) is 4.79 Å². The van der Waals surface area contributed by atoms with Crippen LogP contribution in [0.5, 0.6) is 5.75 Å². The lowest BCUT2D eigenvalue weighted by Crippen LogP contribution is -2.54. The van der Waals surface area contributed by atoms with Gasteiger partial charge in [0.25, 0.3) is 5.91 Å². The molecule has 0 fully saturated rings. The Morgan fingerprint density at radius 2 is 1.77 bits per heavy atom. The zero-order chi connectivity index (χ0) is 30.3. The molecule has 0 radical (unpaired) electrons. The van der Waals surface area contributed by atoms with Gasteiger partial charge in [-0.2, -0.15) is 0 Å². The summed E-state index contributed by atoms with van der Waals surface area (Å²) in [4.78, 5) is 14.4. The van der Waals surface area contributed by atoms with Gasteiger partial charge in [0.2, 0.25) is 5.82 Å². The molecular formula is C31H25BF2N7O2S-.